The third-order valence-electron chi connectivity index (χ3n) is 2.82. The normalized spacial score (nSPS) is 21.0. The zero-order valence-corrected chi connectivity index (χ0v) is 10.7. The molecule has 0 saturated carbocycles. The molecule has 0 bridgehead atoms. The number of carbonyl (C=O) groups is 2. The third kappa shape index (κ3) is 4.73. The van der Waals surface area contributed by atoms with Gasteiger partial charge in [-0.05, 0) is 19.8 Å². The number of ether oxygens (including phenoxy) is 1. The molecule has 1 aliphatic rings. The topological polar surface area (TPSA) is 66.8 Å². The van der Waals surface area contributed by atoms with E-state index in [-0.39, 0.29) is 23.8 Å². The van der Waals surface area contributed by atoms with Crippen LogP contribution in [0.4, 0.5) is 0 Å². The van der Waals surface area contributed by atoms with Crippen molar-refractivity contribution in [3.05, 3.63) is 0 Å². The largest absolute Gasteiger partial charge is 0.481 e. The number of aliphatic carboxylic acids is 1. The highest BCUT2D eigenvalue weighted by Gasteiger charge is 2.30. The molecule has 1 atom stereocenters. The second-order valence-corrected chi connectivity index (χ2v) is 5.33. The number of morpholine rings is 1. The fourth-order valence-electron chi connectivity index (χ4n) is 2.03. The molecule has 1 saturated heterocycles. The number of rotatable bonds is 4. The summed E-state index contributed by atoms with van der Waals surface area (Å²) in [7, 11) is 0. The van der Waals surface area contributed by atoms with Crippen molar-refractivity contribution in [2.75, 3.05) is 19.7 Å². The van der Waals surface area contributed by atoms with Crippen molar-refractivity contribution < 1.29 is 19.4 Å². The molecule has 1 rings (SSSR count). The molecular weight excluding hydrogens is 222 g/mol. The van der Waals surface area contributed by atoms with Crippen LogP contribution in [0.25, 0.3) is 0 Å². The predicted molar refractivity (Wildman–Crippen MR) is 62.6 cm³/mol. The fraction of sp³-hybridized carbons (Fsp3) is 0.833. The van der Waals surface area contributed by atoms with Crippen molar-refractivity contribution in [2.45, 2.75) is 39.2 Å². The van der Waals surface area contributed by atoms with Crippen LogP contribution in [0.15, 0.2) is 0 Å². The summed E-state index contributed by atoms with van der Waals surface area (Å²) < 4.78 is 5.53. The maximum Gasteiger partial charge on any atom is 0.303 e. The van der Waals surface area contributed by atoms with Gasteiger partial charge < -0.3 is 14.7 Å². The summed E-state index contributed by atoms with van der Waals surface area (Å²) in [6.07, 6.45) is 0.335. The Labute approximate surface area is 102 Å². The minimum absolute atomic E-state index is 0.0233. The molecule has 5 nitrogen and oxygen atoms in total. The molecule has 1 N–H and O–H groups in total. The molecule has 0 aromatic rings. The van der Waals surface area contributed by atoms with Crippen molar-refractivity contribution >= 4 is 11.9 Å². The minimum atomic E-state index is -0.854. The highest BCUT2D eigenvalue weighted by molar-refractivity contribution is 5.77. The molecule has 1 amide bonds. The van der Waals surface area contributed by atoms with Crippen LogP contribution in [-0.4, -0.2) is 47.2 Å². The molecule has 98 valence electrons. The standard InChI is InChI=1S/C12H21NO4/c1-9(7-11(15)16)6-10(14)13-4-5-17-12(2,3)8-13/h9H,4-8H2,1-3H3,(H,15,16). The highest BCUT2D eigenvalue weighted by atomic mass is 16.5. The molecule has 5 heteroatoms. The van der Waals surface area contributed by atoms with E-state index in [9.17, 15) is 9.59 Å². The van der Waals surface area contributed by atoms with Crippen molar-refractivity contribution in [2.24, 2.45) is 5.92 Å². The van der Waals surface area contributed by atoms with Crippen LogP contribution in [0, 0.1) is 5.92 Å². The van der Waals surface area contributed by atoms with Gasteiger partial charge in [0.05, 0.1) is 12.2 Å². The van der Waals surface area contributed by atoms with E-state index in [1.807, 2.05) is 13.8 Å². The van der Waals surface area contributed by atoms with Gasteiger partial charge in [-0.3, -0.25) is 9.59 Å². The first-order valence-corrected chi connectivity index (χ1v) is 5.94. The quantitative estimate of drug-likeness (QED) is 0.803. The van der Waals surface area contributed by atoms with E-state index < -0.39 is 5.97 Å². The third-order valence-corrected chi connectivity index (χ3v) is 2.82. The monoisotopic (exact) mass is 243 g/mol. The Hall–Kier alpha value is -1.10. The maximum atomic E-state index is 12.0. The lowest BCUT2D eigenvalue weighted by molar-refractivity contribution is -0.147. The predicted octanol–water partition coefficient (Wildman–Crippen LogP) is 1.12. The molecule has 1 heterocycles. The highest BCUT2D eigenvalue weighted by Crippen LogP contribution is 2.18. The molecule has 0 spiro atoms. The van der Waals surface area contributed by atoms with E-state index in [1.54, 1.807) is 11.8 Å². The molecule has 1 fully saturated rings. The molecule has 0 aliphatic carbocycles. The summed E-state index contributed by atoms with van der Waals surface area (Å²) in [6, 6.07) is 0. The van der Waals surface area contributed by atoms with Crippen molar-refractivity contribution in [3.8, 4) is 0 Å². The summed E-state index contributed by atoms with van der Waals surface area (Å²) in [5.41, 5.74) is -0.302. The van der Waals surface area contributed by atoms with Crippen molar-refractivity contribution in [3.63, 3.8) is 0 Å². The molecule has 0 aromatic carbocycles. The number of carboxylic acids is 1. The molecule has 1 unspecified atom stereocenters. The van der Waals surface area contributed by atoms with E-state index in [4.69, 9.17) is 9.84 Å². The lowest BCUT2D eigenvalue weighted by atomic mass is 10.0. The van der Waals surface area contributed by atoms with Crippen LogP contribution in [0.3, 0.4) is 0 Å². The van der Waals surface area contributed by atoms with Gasteiger partial charge in [0.15, 0.2) is 0 Å². The van der Waals surface area contributed by atoms with Gasteiger partial charge in [0.1, 0.15) is 0 Å². The SMILES string of the molecule is CC(CC(=O)O)CC(=O)N1CCOC(C)(C)C1. The Balaban J connectivity index is 2.44. The first kappa shape index (κ1) is 14.0. The number of hydrogen-bond acceptors (Lipinski definition) is 3. The first-order chi connectivity index (χ1) is 7.80. The van der Waals surface area contributed by atoms with Crippen LogP contribution in [0.2, 0.25) is 0 Å². The second-order valence-electron chi connectivity index (χ2n) is 5.33. The zero-order valence-electron chi connectivity index (χ0n) is 10.7. The van der Waals surface area contributed by atoms with Gasteiger partial charge in [0.2, 0.25) is 5.91 Å². The minimum Gasteiger partial charge on any atom is -0.481 e. The van der Waals surface area contributed by atoms with Crippen LogP contribution in [0.1, 0.15) is 33.6 Å². The van der Waals surface area contributed by atoms with Gasteiger partial charge in [0, 0.05) is 25.9 Å². The Morgan fingerprint density at radius 2 is 2.06 bits per heavy atom. The van der Waals surface area contributed by atoms with E-state index in [0.29, 0.717) is 26.1 Å². The maximum absolute atomic E-state index is 12.0. The summed E-state index contributed by atoms with van der Waals surface area (Å²) in [4.78, 5) is 24.2. The average molecular weight is 243 g/mol. The Bertz CT molecular complexity index is 301. The number of hydrogen-bond donors (Lipinski definition) is 1. The van der Waals surface area contributed by atoms with Crippen LogP contribution < -0.4 is 0 Å². The smallest absolute Gasteiger partial charge is 0.303 e. The molecule has 1 aliphatic heterocycles. The second kappa shape index (κ2) is 5.49. The van der Waals surface area contributed by atoms with Crippen molar-refractivity contribution in [1.82, 2.24) is 4.90 Å². The fourth-order valence-corrected chi connectivity index (χ4v) is 2.03. The number of carboxylic acid groups (broad SMARTS) is 1. The molecular formula is C12H21NO4. The Morgan fingerprint density at radius 1 is 1.41 bits per heavy atom. The molecule has 0 aromatic heterocycles. The average Bonchev–Trinajstić information content (AvgIpc) is 2.14. The summed E-state index contributed by atoms with van der Waals surface area (Å²) in [6.45, 7) is 7.41. The van der Waals surface area contributed by atoms with E-state index >= 15 is 0 Å². The molecule has 17 heavy (non-hydrogen) atoms. The number of carbonyl (C=O) groups excluding carboxylic acids is 1. The van der Waals surface area contributed by atoms with Gasteiger partial charge in [-0.25, -0.2) is 0 Å². The van der Waals surface area contributed by atoms with E-state index in [0.717, 1.165) is 0 Å². The number of amides is 1. The lowest BCUT2D eigenvalue weighted by Gasteiger charge is -2.38. The van der Waals surface area contributed by atoms with Gasteiger partial charge in [0.25, 0.3) is 0 Å². The lowest BCUT2D eigenvalue weighted by Crippen LogP contribution is -2.50. The Kier molecular flexibility index (Phi) is 4.51. The van der Waals surface area contributed by atoms with Crippen LogP contribution >= 0.6 is 0 Å². The van der Waals surface area contributed by atoms with Crippen LogP contribution in [-0.2, 0) is 14.3 Å². The van der Waals surface area contributed by atoms with Gasteiger partial charge in [-0.1, -0.05) is 6.92 Å². The first-order valence-electron chi connectivity index (χ1n) is 5.94. The van der Waals surface area contributed by atoms with Gasteiger partial charge in [-0.2, -0.15) is 0 Å². The van der Waals surface area contributed by atoms with E-state index in [2.05, 4.69) is 0 Å². The summed E-state index contributed by atoms with van der Waals surface area (Å²) in [5.74, 6) is -0.950. The molecule has 0 radical (unpaired) electrons. The summed E-state index contributed by atoms with van der Waals surface area (Å²) in [5, 5.41) is 8.65. The zero-order chi connectivity index (χ0) is 13.1. The Morgan fingerprint density at radius 3 is 2.59 bits per heavy atom. The van der Waals surface area contributed by atoms with Gasteiger partial charge in [-0.15, -0.1) is 0 Å². The van der Waals surface area contributed by atoms with E-state index in [1.165, 1.54) is 0 Å². The number of nitrogens with zero attached hydrogens (tertiary/aromatic N) is 1. The van der Waals surface area contributed by atoms with Crippen LogP contribution in [0.5, 0.6) is 0 Å². The van der Waals surface area contributed by atoms with Gasteiger partial charge >= 0.3 is 5.97 Å². The van der Waals surface area contributed by atoms with Crippen molar-refractivity contribution in [1.29, 1.82) is 0 Å². The summed E-state index contributed by atoms with van der Waals surface area (Å²) >= 11 is 0.